The zero-order chi connectivity index (χ0) is 25.6. The highest BCUT2D eigenvalue weighted by Gasteiger charge is 2.17. The monoisotopic (exact) mass is 509 g/mol. The van der Waals surface area contributed by atoms with Gasteiger partial charge in [-0.25, -0.2) is 5.43 Å². The van der Waals surface area contributed by atoms with Gasteiger partial charge in [-0.2, -0.15) is 5.10 Å². The molecule has 5 rings (SSSR count). The number of benzene rings is 4. The number of aromatic hydroxyl groups is 1. The van der Waals surface area contributed by atoms with Gasteiger partial charge in [0.15, 0.2) is 11.0 Å². The fraction of sp³-hybridized carbons (Fsp3) is 0.0714. The number of phenols is 1. The van der Waals surface area contributed by atoms with E-state index in [0.29, 0.717) is 16.5 Å². The van der Waals surface area contributed by atoms with E-state index in [2.05, 4.69) is 20.7 Å². The van der Waals surface area contributed by atoms with Crippen LogP contribution >= 0.6 is 11.8 Å². The Kier molecular flexibility index (Phi) is 7.14. The van der Waals surface area contributed by atoms with Crippen molar-refractivity contribution in [3.63, 3.8) is 0 Å². The Bertz CT molecular complexity index is 1570. The van der Waals surface area contributed by atoms with Gasteiger partial charge < -0.3 is 9.84 Å². The molecule has 1 aromatic heterocycles. The van der Waals surface area contributed by atoms with Gasteiger partial charge in [0.2, 0.25) is 0 Å². The Morgan fingerprint density at radius 3 is 2.54 bits per heavy atom. The Morgan fingerprint density at radius 1 is 1.00 bits per heavy atom. The molecule has 0 spiro atoms. The largest absolute Gasteiger partial charge is 0.507 e. The van der Waals surface area contributed by atoms with Crippen LogP contribution in [0.1, 0.15) is 5.56 Å². The summed E-state index contributed by atoms with van der Waals surface area (Å²) in [5, 5.41) is 25.5. The quantitative estimate of drug-likeness (QED) is 0.173. The minimum Gasteiger partial charge on any atom is -0.507 e. The van der Waals surface area contributed by atoms with Gasteiger partial charge in [0.1, 0.15) is 11.5 Å². The molecular formula is C28H23N5O3S. The number of aromatic nitrogens is 3. The molecule has 0 aliphatic heterocycles. The summed E-state index contributed by atoms with van der Waals surface area (Å²) >= 11 is 1.25. The smallest absolute Gasteiger partial charge is 0.250 e. The van der Waals surface area contributed by atoms with Gasteiger partial charge in [-0.05, 0) is 53.2 Å². The summed E-state index contributed by atoms with van der Waals surface area (Å²) in [4.78, 5) is 12.6. The number of fused-ring (bicyclic) bond motifs is 1. The van der Waals surface area contributed by atoms with Gasteiger partial charge in [0, 0.05) is 16.8 Å². The van der Waals surface area contributed by atoms with E-state index in [-0.39, 0.29) is 17.4 Å². The fourth-order valence-electron chi connectivity index (χ4n) is 3.85. The SMILES string of the molecule is COc1ccc(-c2nnc(SCC(=O)N/N=C\c3c(O)ccc4ccccc34)n2-c2ccccc2)cc1. The van der Waals surface area contributed by atoms with Crippen LogP contribution in [0.2, 0.25) is 0 Å². The maximum atomic E-state index is 12.6. The number of hydrogen-bond donors (Lipinski definition) is 2. The summed E-state index contributed by atoms with van der Waals surface area (Å²) in [5.41, 5.74) is 4.82. The summed E-state index contributed by atoms with van der Waals surface area (Å²) in [6, 6.07) is 28.4. The number of nitrogens with zero attached hydrogens (tertiary/aromatic N) is 4. The molecule has 0 unspecified atom stereocenters. The van der Waals surface area contributed by atoms with E-state index in [1.54, 1.807) is 13.2 Å². The van der Waals surface area contributed by atoms with Gasteiger partial charge >= 0.3 is 0 Å². The molecule has 0 atom stereocenters. The van der Waals surface area contributed by atoms with Crippen LogP contribution in [0.5, 0.6) is 11.5 Å². The van der Waals surface area contributed by atoms with Gasteiger partial charge in [-0.1, -0.05) is 60.3 Å². The lowest BCUT2D eigenvalue weighted by Gasteiger charge is -2.10. The van der Waals surface area contributed by atoms with Crippen LogP contribution in [0.4, 0.5) is 0 Å². The fourth-order valence-corrected chi connectivity index (χ4v) is 4.60. The van der Waals surface area contributed by atoms with Crippen LogP contribution in [-0.4, -0.2) is 44.9 Å². The van der Waals surface area contributed by atoms with Crippen LogP contribution in [0, 0.1) is 0 Å². The zero-order valence-electron chi connectivity index (χ0n) is 19.9. The third kappa shape index (κ3) is 5.31. The number of hydrazone groups is 1. The number of carbonyl (C=O) groups is 1. The number of nitrogens with one attached hydrogen (secondary N) is 1. The van der Waals surface area contributed by atoms with E-state index in [4.69, 9.17) is 4.74 Å². The average molecular weight is 510 g/mol. The van der Waals surface area contributed by atoms with Crippen molar-refractivity contribution in [2.24, 2.45) is 5.10 Å². The van der Waals surface area contributed by atoms with Crippen molar-refractivity contribution >= 4 is 34.7 Å². The number of ether oxygens (including phenoxy) is 1. The number of carbonyl (C=O) groups excluding carboxylic acids is 1. The maximum absolute atomic E-state index is 12.6. The van der Waals surface area contributed by atoms with Crippen molar-refractivity contribution in [1.82, 2.24) is 20.2 Å². The molecule has 5 aromatic rings. The van der Waals surface area contributed by atoms with Crippen molar-refractivity contribution in [2.75, 3.05) is 12.9 Å². The summed E-state index contributed by atoms with van der Waals surface area (Å²) < 4.78 is 7.18. The first-order chi connectivity index (χ1) is 18.1. The van der Waals surface area contributed by atoms with Gasteiger partial charge in [-0.15, -0.1) is 10.2 Å². The van der Waals surface area contributed by atoms with Crippen molar-refractivity contribution in [3.05, 3.63) is 96.6 Å². The number of thioether (sulfide) groups is 1. The minimum absolute atomic E-state index is 0.0758. The predicted octanol–water partition coefficient (Wildman–Crippen LogP) is 5.04. The van der Waals surface area contributed by atoms with Crippen LogP contribution in [0.3, 0.4) is 0 Å². The molecule has 2 N–H and O–H groups in total. The lowest BCUT2D eigenvalue weighted by Crippen LogP contribution is -2.20. The minimum atomic E-state index is -0.311. The second kappa shape index (κ2) is 11.0. The predicted molar refractivity (Wildman–Crippen MR) is 145 cm³/mol. The number of rotatable bonds is 8. The molecule has 0 aliphatic carbocycles. The number of methoxy groups -OCH3 is 1. The standard InChI is InChI=1S/C28H23N5O3S/c1-36-22-14-11-20(12-15-22)27-31-32-28(33(27)21-8-3-2-4-9-21)37-18-26(35)30-29-17-24-23-10-6-5-7-19(23)13-16-25(24)34/h2-17,34H,18H2,1H3,(H,30,35)/b29-17-. The first kappa shape index (κ1) is 24.1. The number of phenolic OH excluding ortho intramolecular Hbond substituents is 1. The molecule has 0 radical (unpaired) electrons. The van der Waals surface area contributed by atoms with Crippen molar-refractivity contribution in [3.8, 4) is 28.6 Å². The van der Waals surface area contributed by atoms with Crippen molar-refractivity contribution < 1.29 is 14.6 Å². The van der Waals surface area contributed by atoms with Gasteiger partial charge in [0.25, 0.3) is 5.91 Å². The molecule has 37 heavy (non-hydrogen) atoms. The molecule has 1 amide bonds. The molecule has 0 fully saturated rings. The van der Waals surface area contributed by atoms with Gasteiger partial charge in [-0.3, -0.25) is 9.36 Å². The van der Waals surface area contributed by atoms with Gasteiger partial charge in [0.05, 0.1) is 19.1 Å². The topological polar surface area (TPSA) is 102 Å². The highest BCUT2D eigenvalue weighted by Crippen LogP contribution is 2.29. The Balaban J connectivity index is 1.33. The second-order valence-electron chi connectivity index (χ2n) is 8.01. The summed E-state index contributed by atoms with van der Waals surface area (Å²) in [7, 11) is 1.62. The Morgan fingerprint density at radius 2 is 1.76 bits per heavy atom. The maximum Gasteiger partial charge on any atom is 0.250 e. The highest BCUT2D eigenvalue weighted by molar-refractivity contribution is 7.99. The van der Waals surface area contributed by atoms with E-state index in [1.807, 2.05) is 89.5 Å². The number of hydrogen-bond acceptors (Lipinski definition) is 7. The molecule has 0 bridgehead atoms. The molecule has 184 valence electrons. The number of amides is 1. The Labute approximate surface area is 217 Å². The molecule has 1 heterocycles. The lowest BCUT2D eigenvalue weighted by atomic mass is 10.0. The molecule has 8 nitrogen and oxygen atoms in total. The second-order valence-corrected chi connectivity index (χ2v) is 8.95. The van der Waals surface area contributed by atoms with Crippen LogP contribution in [0.25, 0.3) is 27.8 Å². The van der Waals surface area contributed by atoms with Crippen molar-refractivity contribution in [2.45, 2.75) is 5.16 Å². The molecular weight excluding hydrogens is 486 g/mol. The lowest BCUT2D eigenvalue weighted by molar-refractivity contribution is -0.118. The van der Waals surface area contributed by atoms with E-state index in [1.165, 1.54) is 18.0 Å². The van der Waals surface area contributed by atoms with Crippen LogP contribution in [0.15, 0.2) is 101 Å². The van der Waals surface area contributed by atoms with Crippen LogP contribution < -0.4 is 10.2 Å². The highest BCUT2D eigenvalue weighted by atomic mass is 32.2. The normalized spacial score (nSPS) is 11.2. The summed E-state index contributed by atoms with van der Waals surface area (Å²) in [5.74, 6) is 1.26. The van der Waals surface area contributed by atoms with E-state index >= 15 is 0 Å². The van der Waals surface area contributed by atoms with E-state index in [9.17, 15) is 9.90 Å². The molecule has 0 saturated carbocycles. The van der Waals surface area contributed by atoms with E-state index < -0.39 is 0 Å². The van der Waals surface area contributed by atoms with E-state index in [0.717, 1.165) is 27.8 Å². The Hall–Kier alpha value is -4.63. The van der Waals surface area contributed by atoms with Crippen molar-refractivity contribution in [1.29, 1.82) is 0 Å². The first-order valence-corrected chi connectivity index (χ1v) is 12.4. The van der Waals surface area contributed by atoms with Crippen LogP contribution in [-0.2, 0) is 4.79 Å². The zero-order valence-corrected chi connectivity index (χ0v) is 20.7. The molecule has 0 saturated heterocycles. The average Bonchev–Trinajstić information content (AvgIpc) is 3.37. The third-order valence-electron chi connectivity index (χ3n) is 5.66. The third-order valence-corrected chi connectivity index (χ3v) is 6.59. The molecule has 9 heteroatoms. The summed E-state index contributed by atoms with van der Waals surface area (Å²) in [6.07, 6.45) is 1.45. The summed E-state index contributed by atoms with van der Waals surface area (Å²) in [6.45, 7) is 0. The number of para-hydroxylation sites is 1. The molecule has 0 aliphatic rings. The first-order valence-electron chi connectivity index (χ1n) is 11.4. The molecule has 4 aromatic carbocycles.